The number of fused-ring (bicyclic) bond motifs is 3. The standard InChI is InChI=1S/C23H23N7O4S/c1-34-22-18(28-35(32,33)16-5-6-16)10-15(12-25-22)14-4-7-17-19(11-14)30-20(13-24-17)26-27-21(30)23(31)29-8-2-3-9-29/h4,7,10-13,16,28H,2-3,5-6,8-9H2,1H3. The summed E-state index contributed by atoms with van der Waals surface area (Å²) < 4.78 is 34.7. The number of hydrogen-bond donors (Lipinski definition) is 1. The molecule has 1 N–H and O–H groups in total. The van der Waals surface area contributed by atoms with E-state index in [-0.39, 0.29) is 28.5 Å². The van der Waals surface area contributed by atoms with E-state index in [0.29, 0.717) is 48.2 Å². The average Bonchev–Trinajstić information content (AvgIpc) is 3.43. The van der Waals surface area contributed by atoms with Crippen LogP contribution in [0.3, 0.4) is 0 Å². The first-order valence-electron chi connectivity index (χ1n) is 11.4. The monoisotopic (exact) mass is 493 g/mol. The Morgan fingerprint density at radius 3 is 2.60 bits per heavy atom. The van der Waals surface area contributed by atoms with Gasteiger partial charge >= 0.3 is 0 Å². The number of carbonyl (C=O) groups is 1. The van der Waals surface area contributed by atoms with Crippen LogP contribution in [0.5, 0.6) is 5.88 Å². The Bertz CT molecular complexity index is 1570. The predicted octanol–water partition coefficient (Wildman–Crippen LogP) is 2.49. The van der Waals surface area contributed by atoms with E-state index in [1.807, 2.05) is 18.2 Å². The van der Waals surface area contributed by atoms with Crippen molar-refractivity contribution >= 4 is 38.3 Å². The van der Waals surface area contributed by atoms with Gasteiger partial charge in [0.1, 0.15) is 5.69 Å². The average molecular weight is 494 g/mol. The normalized spacial score (nSPS) is 16.2. The summed E-state index contributed by atoms with van der Waals surface area (Å²) in [5.74, 6) is 0.285. The van der Waals surface area contributed by atoms with Crippen LogP contribution in [0.2, 0.25) is 0 Å². The summed E-state index contributed by atoms with van der Waals surface area (Å²) in [7, 11) is -2.05. The zero-order valence-electron chi connectivity index (χ0n) is 19.0. The van der Waals surface area contributed by atoms with Crippen LogP contribution in [0.1, 0.15) is 36.3 Å². The lowest BCUT2D eigenvalue weighted by Crippen LogP contribution is -2.29. The molecule has 180 valence electrons. The molecule has 2 fully saturated rings. The quantitative estimate of drug-likeness (QED) is 0.433. The molecule has 0 unspecified atom stereocenters. The molecule has 2 aliphatic rings. The van der Waals surface area contributed by atoms with Gasteiger partial charge in [-0.25, -0.2) is 13.4 Å². The number of methoxy groups -OCH3 is 1. The van der Waals surface area contributed by atoms with Gasteiger partial charge < -0.3 is 9.64 Å². The minimum Gasteiger partial charge on any atom is -0.480 e. The number of aromatic nitrogens is 5. The number of sulfonamides is 1. The zero-order chi connectivity index (χ0) is 24.2. The number of hydrogen-bond acceptors (Lipinski definition) is 8. The highest BCUT2D eigenvalue weighted by Crippen LogP contribution is 2.34. The van der Waals surface area contributed by atoms with Gasteiger partial charge in [-0.15, -0.1) is 10.2 Å². The van der Waals surface area contributed by atoms with E-state index in [1.165, 1.54) is 7.11 Å². The summed E-state index contributed by atoms with van der Waals surface area (Å²) >= 11 is 0. The van der Waals surface area contributed by atoms with Crippen molar-refractivity contribution in [3.05, 3.63) is 42.5 Å². The molecule has 4 aromatic rings. The van der Waals surface area contributed by atoms with Gasteiger partial charge in [-0.1, -0.05) is 6.07 Å². The fourth-order valence-electron chi connectivity index (χ4n) is 4.40. The first kappa shape index (κ1) is 21.7. The molecule has 1 saturated carbocycles. The molecular weight excluding hydrogens is 470 g/mol. The number of pyridine rings is 1. The molecule has 1 amide bonds. The lowest BCUT2D eigenvalue weighted by Gasteiger charge is -2.14. The van der Waals surface area contributed by atoms with Crippen molar-refractivity contribution in [1.82, 2.24) is 29.5 Å². The SMILES string of the molecule is COc1ncc(-c2ccc3ncc4nnc(C(=O)N5CCCC5)n4c3c2)cc1NS(=O)(=O)C1CC1. The van der Waals surface area contributed by atoms with E-state index in [0.717, 1.165) is 18.4 Å². The first-order chi connectivity index (χ1) is 16.9. The molecular formula is C23H23N7O4S. The smallest absolute Gasteiger partial charge is 0.292 e. The number of likely N-dealkylation sites (tertiary alicyclic amines) is 1. The number of benzene rings is 1. The van der Waals surface area contributed by atoms with Gasteiger partial charge in [0.15, 0.2) is 5.65 Å². The Morgan fingerprint density at radius 1 is 1.06 bits per heavy atom. The van der Waals surface area contributed by atoms with E-state index in [4.69, 9.17) is 4.74 Å². The van der Waals surface area contributed by atoms with Gasteiger partial charge in [-0.2, -0.15) is 0 Å². The molecule has 35 heavy (non-hydrogen) atoms. The Kier molecular flexibility index (Phi) is 5.06. The molecule has 0 atom stereocenters. The van der Waals surface area contributed by atoms with Gasteiger partial charge in [0.2, 0.25) is 21.7 Å². The molecule has 0 spiro atoms. The number of anilines is 1. The Morgan fingerprint density at radius 2 is 1.86 bits per heavy atom. The van der Waals surface area contributed by atoms with Gasteiger partial charge in [-0.05, 0) is 49.4 Å². The second-order valence-corrected chi connectivity index (χ2v) is 10.8. The Balaban J connectivity index is 1.45. The molecule has 3 aromatic heterocycles. The predicted molar refractivity (Wildman–Crippen MR) is 129 cm³/mol. The summed E-state index contributed by atoms with van der Waals surface area (Å²) in [6.07, 6.45) is 6.46. The lowest BCUT2D eigenvalue weighted by atomic mass is 10.1. The van der Waals surface area contributed by atoms with Gasteiger partial charge in [0.05, 0.1) is 29.6 Å². The molecule has 1 aromatic carbocycles. The molecule has 12 heteroatoms. The third-order valence-electron chi connectivity index (χ3n) is 6.40. The maximum Gasteiger partial charge on any atom is 0.292 e. The van der Waals surface area contributed by atoms with E-state index in [1.54, 1.807) is 27.8 Å². The fourth-order valence-corrected chi connectivity index (χ4v) is 5.77. The minimum atomic E-state index is -3.49. The molecule has 1 aliphatic carbocycles. The Hall–Kier alpha value is -3.80. The van der Waals surface area contributed by atoms with Crippen LogP contribution in [-0.4, -0.2) is 69.2 Å². The topological polar surface area (TPSA) is 132 Å². The molecule has 6 rings (SSSR count). The molecule has 4 heterocycles. The summed E-state index contributed by atoms with van der Waals surface area (Å²) in [6, 6.07) is 7.29. The highest BCUT2D eigenvalue weighted by molar-refractivity contribution is 7.93. The molecule has 0 bridgehead atoms. The number of ether oxygens (including phenoxy) is 1. The van der Waals surface area contributed by atoms with Crippen LogP contribution >= 0.6 is 0 Å². The van der Waals surface area contributed by atoms with Gasteiger partial charge in [-0.3, -0.25) is 18.9 Å². The van der Waals surface area contributed by atoms with E-state index in [9.17, 15) is 13.2 Å². The highest BCUT2D eigenvalue weighted by Gasteiger charge is 2.36. The summed E-state index contributed by atoms with van der Waals surface area (Å²) in [4.78, 5) is 23.7. The van der Waals surface area contributed by atoms with Crippen molar-refractivity contribution in [2.24, 2.45) is 0 Å². The van der Waals surface area contributed by atoms with Crippen LogP contribution in [0.25, 0.3) is 27.8 Å². The minimum absolute atomic E-state index is 0.157. The van der Waals surface area contributed by atoms with E-state index in [2.05, 4.69) is 24.9 Å². The van der Waals surface area contributed by atoms with Crippen molar-refractivity contribution in [1.29, 1.82) is 0 Å². The first-order valence-corrected chi connectivity index (χ1v) is 13.0. The van der Waals surface area contributed by atoms with Crippen LogP contribution in [0.15, 0.2) is 36.7 Å². The maximum atomic E-state index is 13.1. The van der Waals surface area contributed by atoms with Gasteiger partial charge in [0.25, 0.3) is 5.91 Å². The van der Waals surface area contributed by atoms with Crippen molar-refractivity contribution < 1.29 is 17.9 Å². The number of nitrogens with zero attached hydrogens (tertiary/aromatic N) is 6. The second-order valence-electron chi connectivity index (χ2n) is 8.81. The zero-order valence-corrected chi connectivity index (χ0v) is 19.8. The number of rotatable bonds is 6. The van der Waals surface area contributed by atoms with E-state index < -0.39 is 10.0 Å². The van der Waals surface area contributed by atoms with Crippen molar-refractivity contribution in [3.8, 4) is 17.0 Å². The van der Waals surface area contributed by atoms with Crippen LogP contribution in [-0.2, 0) is 10.0 Å². The summed E-state index contributed by atoms with van der Waals surface area (Å²) in [5.41, 5.74) is 3.54. The third-order valence-corrected chi connectivity index (χ3v) is 8.25. The van der Waals surface area contributed by atoms with Crippen molar-refractivity contribution in [2.75, 3.05) is 24.9 Å². The third kappa shape index (κ3) is 3.83. The highest BCUT2D eigenvalue weighted by atomic mass is 32.2. The number of nitrogens with one attached hydrogen (secondary N) is 1. The van der Waals surface area contributed by atoms with Crippen molar-refractivity contribution in [3.63, 3.8) is 0 Å². The lowest BCUT2D eigenvalue weighted by molar-refractivity contribution is 0.0780. The Labute approximate surface area is 201 Å². The van der Waals surface area contributed by atoms with E-state index >= 15 is 0 Å². The number of amides is 1. The summed E-state index contributed by atoms with van der Waals surface area (Å²) in [5, 5.41) is 7.95. The molecule has 0 radical (unpaired) electrons. The second kappa shape index (κ2) is 8.15. The number of carbonyl (C=O) groups excluding carboxylic acids is 1. The maximum absolute atomic E-state index is 13.1. The van der Waals surface area contributed by atoms with Crippen LogP contribution in [0, 0.1) is 0 Å². The molecule has 1 aliphatic heterocycles. The van der Waals surface area contributed by atoms with Crippen LogP contribution in [0.4, 0.5) is 5.69 Å². The van der Waals surface area contributed by atoms with Crippen molar-refractivity contribution in [2.45, 2.75) is 30.9 Å². The van der Waals surface area contributed by atoms with Crippen LogP contribution < -0.4 is 9.46 Å². The summed E-state index contributed by atoms with van der Waals surface area (Å²) in [6.45, 7) is 1.41. The molecule has 11 nitrogen and oxygen atoms in total. The fraction of sp³-hybridized carbons (Fsp3) is 0.348. The molecule has 1 saturated heterocycles. The largest absolute Gasteiger partial charge is 0.480 e. The van der Waals surface area contributed by atoms with Gasteiger partial charge in [0, 0.05) is 24.8 Å².